The molecule has 21 heavy (non-hydrogen) atoms. The van der Waals surface area contributed by atoms with Crippen LogP contribution in [0.2, 0.25) is 5.02 Å². The first-order valence-corrected chi connectivity index (χ1v) is 7.32. The van der Waals surface area contributed by atoms with E-state index in [2.05, 4.69) is 11.8 Å². The number of carbonyl (C=O) groups is 1. The molecule has 0 aliphatic carbocycles. The number of halogens is 1. The monoisotopic (exact) mass is 306 g/mol. The van der Waals surface area contributed by atoms with Crippen LogP contribution in [-0.4, -0.2) is 42.6 Å². The largest absolute Gasteiger partial charge is 0.372 e. The molecule has 2 atom stereocenters. The highest BCUT2D eigenvalue weighted by molar-refractivity contribution is 6.32. The third-order valence-electron chi connectivity index (χ3n) is 3.25. The predicted molar refractivity (Wildman–Crippen MR) is 83.3 cm³/mol. The van der Waals surface area contributed by atoms with E-state index >= 15 is 0 Å². The molecular weight excluding hydrogens is 288 g/mol. The molecule has 1 aromatic carbocycles. The van der Waals surface area contributed by atoms with E-state index in [1.165, 1.54) is 0 Å². The Morgan fingerprint density at radius 3 is 2.67 bits per heavy atom. The first kappa shape index (κ1) is 15.8. The molecule has 0 aromatic heterocycles. The summed E-state index contributed by atoms with van der Waals surface area (Å²) >= 11 is 6.17. The van der Waals surface area contributed by atoms with Crippen LogP contribution in [0.1, 0.15) is 29.8 Å². The van der Waals surface area contributed by atoms with Crippen LogP contribution in [0.3, 0.4) is 0 Å². The fourth-order valence-corrected chi connectivity index (χ4v) is 2.65. The first-order valence-electron chi connectivity index (χ1n) is 6.94. The van der Waals surface area contributed by atoms with Crippen molar-refractivity contribution in [1.82, 2.24) is 4.90 Å². The molecule has 1 heterocycles. The zero-order valence-electron chi connectivity index (χ0n) is 12.2. The quantitative estimate of drug-likeness (QED) is 0.806. The molecule has 2 N–H and O–H groups in total. The summed E-state index contributed by atoms with van der Waals surface area (Å²) < 4.78 is 5.64. The Hall–Kier alpha value is -1.54. The van der Waals surface area contributed by atoms with Crippen LogP contribution in [0.15, 0.2) is 18.2 Å². The van der Waals surface area contributed by atoms with Crippen LogP contribution < -0.4 is 5.73 Å². The Bertz CT molecular complexity index is 582. The van der Waals surface area contributed by atoms with Crippen molar-refractivity contribution >= 4 is 17.5 Å². The zero-order valence-corrected chi connectivity index (χ0v) is 13.0. The highest BCUT2D eigenvalue weighted by Crippen LogP contribution is 2.20. The van der Waals surface area contributed by atoms with E-state index in [-0.39, 0.29) is 24.7 Å². The van der Waals surface area contributed by atoms with Crippen LogP contribution in [0, 0.1) is 11.8 Å². The molecule has 112 valence electrons. The molecule has 0 spiro atoms. The van der Waals surface area contributed by atoms with Gasteiger partial charge < -0.3 is 15.4 Å². The first-order chi connectivity index (χ1) is 10.0. The summed E-state index contributed by atoms with van der Waals surface area (Å²) in [7, 11) is 0. The van der Waals surface area contributed by atoms with E-state index in [1.54, 1.807) is 23.1 Å². The summed E-state index contributed by atoms with van der Waals surface area (Å²) in [4.78, 5) is 14.3. The number of amides is 1. The second-order valence-electron chi connectivity index (χ2n) is 5.17. The molecule has 0 bridgehead atoms. The van der Waals surface area contributed by atoms with Crippen LogP contribution >= 0.6 is 11.6 Å². The van der Waals surface area contributed by atoms with Gasteiger partial charge in [0.15, 0.2) is 0 Å². The fourth-order valence-electron chi connectivity index (χ4n) is 2.42. The van der Waals surface area contributed by atoms with E-state index in [0.29, 0.717) is 29.2 Å². The summed E-state index contributed by atoms with van der Waals surface area (Å²) in [6, 6.07) is 5.17. The maximum Gasteiger partial charge on any atom is 0.254 e. The highest BCUT2D eigenvalue weighted by Gasteiger charge is 2.26. The number of hydrogen-bond donors (Lipinski definition) is 1. The van der Waals surface area contributed by atoms with Gasteiger partial charge in [0.2, 0.25) is 0 Å². The molecular formula is C16H19ClN2O2. The van der Waals surface area contributed by atoms with Crippen molar-refractivity contribution in [2.75, 3.05) is 19.6 Å². The average molecular weight is 307 g/mol. The summed E-state index contributed by atoms with van der Waals surface area (Å²) in [5, 5.41) is 0.469. The SMILES string of the molecule is CC1CN(C(=O)c2ccc(C#CCN)c(Cl)c2)CC(C)O1. The summed E-state index contributed by atoms with van der Waals surface area (Å²) in [6.45, 7) is 5.40. The molecule has 1 fully saturated rings. The molecule has 1 aromatic rings. The number of nitrogens with zero attached hydrogens (tertiary/aromatic N) is 1. The Kier molecular flexibility index (Phi) is 5.24. The maximum absolute atomic E-state index is 12.5. The van der Waals surface area contributed by atoms with Gasteiger partial charge in [0.05, 0.1) is 23.8 Å². The van der Waals surface area contributed by atoms with Crippen molar-refractivity contribution in [3.8, 4) is 11.8 Å². The van der Waals surface area contributed by atoms with E-state index < -0.39 is 0 Å². The van der Waals surface area contributed by atoms with E-state index in [9.17, 15) is 4.79 Å². The number of nitrogens with two attached hydrogens (primary N) is 1. The predicted octanol–water partition coefficient (Wildman–Crippen LogP) is 1.90. The van der Waals surface area contributed by atoms with Gasteiger partial charge in [-0.3, -0.25) is 4.79 Å². The fraction of sp³-hybridized carbons (Fsp3) is 0.438. The van der Waals surface area contributed by atoms with Crippen molar-refractivity contribution in [2.45, 2.75) is 26.1 Å². The molecule has 1 saturated heterocycles. The molecule has 2 rings (SSSR count). The zero-order chi connectivity index (χ0) is 15.4. The number of morpholine rings is 1. The lowest BCUT2D eigenvalue weighted by molar-refractivity contribution is -0.0586. The Labute approximate surface area is 130 Å². The van der Waals surface area contributed by atoms with Crippen molar-refractivity contribution in [3.05, 3.63) is 34.3 Å². The number of hydrogen-bond acceptors (Lipinski definition) is 3. The standard InChI is InChI=1S/C16H19ClN2O2/c1-11-9-19(10-12(2)21-11)16(20)14-6-5-13(4-3-7-18)15(17)8-14/h5-6,8,11-12H,7,9-10,18H2,1-2H3. The number of benzene rings is 1. The molecule has 2 unspecified atom stereocenters. The van der Waals surface area contributed by atoms with Crippen molar-refractivity contribution in [2.24, 2.45) is 5.73 Å². The number of rotatable bonds is 1. The van der Waals surface area contributed by atoms with Gasteiger partial charge in [-0.1, -0.05) is 23.4 Å². The van der Waals surface area contributed by atoms with Crippen LogP contribution in [0.25, 0.3) is 0 Å². The van der Waals surface area contributed by atoms with Crippen LogP contribution in [-0.2, 0) is 4.74 Å². The molecule has 5 heteroatoms. The minimum Gasteiger partial charge on any atom is -0.372 e. The smallest absolute Gasteiger partial charge is 0.254 e. The van der Waals surface area contributed by atoms with Gasteiger partial charge in [0.1, 0.15) is 0 Å². The maximum atomic E-state index is 12.5. The third kappa shape index (κ3) is 3.98. The molecule has 1 aliphatic heterocycles. The van der Waals surface area contributed by atoms with Crippen molar-refractivity contribution < 1.29 is 9.53 Å². The van der Waals surface area contributed by atoms with E-state index in [0.717, 1.165) is 0 Å². The van der Waals surface area contributed by atoms with Gasteiger partial charge in [-0.15, -0.1) is 0 Å². The highest BCUT2D eigenvalue weighted by atomic mass is 35.5. The third-order valence-corrected chi connectivity index (χ3v) is 3.56. The van der Waals surface area contributed by atoms with Gasteiger partial charge in [-0.2, -0.15) is 0 Å². The van der Waals surface area contributed by atoms with Crippen LogP contribution in [0.4, 0.5) is 0 Å². The van der Waals surface area contributed by atoms with Crippen molar-refractivity contribution in [3.63, 3.8) is 0 Å². The summed E-state index contributed by atoms with van der Waals surface area (Å²) in [5.74, 6) is 5.60. The lowest BCUT2D eigenvalue weighted by atomic mass is 10.1. The minimum atomic E-state index is -0.0303. The van der Waals surface area contributed by atoms with Gasteiger partial charge >= 0.3 is 0 Å². The lowest BCUT2D eigenvalue weighted by Gasteiger charge is -2.35. The summed E-state index contributed by atoms with van der Waals surface area (Å²) in [6.07, 6.45) is 0.0886. The lowest BCUT2D eigenvalue weighted by Crippen LogP contribution is -2.48. The van der Waals surface area contributed by atoms with E-state index in [4.69, 9.17) is 22.1 Å². The van der Waals surface area contributed by atoms with Gasteiger partial charge in [0.25, 0.3) is 5.91 Å². The van der Waals surface area contributed by atoms with Gasteiger partial charge in [0, 0.05) is 24.2 Å². The molecule has 1 amide bonds. The second kappa shape index (κ2) is 6.95. The molecule has 0 saturated carbocycles. The van der Waals surface area contributed by atoms with Gasteiger partial charge in [-0.25, -0.2) is 0 Å². The molecule has 1 aliphatic rings. The molecule has 0 radical (unpaired) electrons. The Morgan fingerprint density at radius 1 is 1.43 bits per heavy atom. The minimum absolute atomic E-state index is 0.0303. The average Bonchev–Trinajstić information content (AvgIpc) is 2.44. The second-order valence-corrected chi connectivity index (χ2v) is 5.58. The Balaban J connectivity index is 2.18. The molecule has 4 nitrogen and oxygen atoms in total. The number of carbonyl (C=O) groups excluding carboxylic acids is 1. The Morgan fingerprint density at radius 2 is 2.10 bits per heavy atom. The topological polar surface area (TPSA) is 55.6 Å². The summed E-state index contributed by atoms with van der Waals surface area (Å²) in [5.41, 5.74) is 6.59. The van der Waals surface area contributed by atoms with Gasteiger partial charge in [-0.05, 0) is 32.0 Å². The number of ether oxygens (including phenoxy) is 1. The normalized spacial score (nSPS) is 21.6. The van der Waals surface area contributed by atoms with Crippen LogP contribution in [0.5, 0.6) is 0 Å². The van der Waals surface area contributed by atoms with E-state index in [1.807, 2.05) is 13.8 Å². The van der Waals surface area contributed by atoms with Crippen molar-refractivity contribution in [1.29, 1.82) is 0 Å².